The average molecular weight is 387 g/mol. The molecule has 0 aliphatic rings. The van der Waals surface area contributed by atoms with Gasteiger partial charge in [0.15, 0.2) is 5.78 Å². The number of aliphatic imine (C=N–C) groups is 1. The molecule has 0 radical (unpaired) electrons. The zero-order valence-corrected chi connectivity index (χ0v) is 19.7. The first-order valence-electron chi connectivity index (χ1n) is 10.8. The molecule has 0 fully saturated rings. The van der Waals surface area contributed by atoms with E-state index in [4.69, 9.17) is 4.99 Å². The van der Waals surface area contributed by atoms with E-state index in [1.165, 1.54) is 0 Å². The van der Waals surface area contributed by atoms with Crippen LogP contribution in [0.4, 0.5) is 0 Å². The lowest BCUT2D eigenvalue weighted by atomic mass is 9.59. The molecule has 0 N–H and O–H groups in total. The van der Waals surface area contributed by atoms with Crippen LogP contribution in [-0.2, 0) is 0 Å². The Kier molecular flexibility index (Phi) is 9.07. The Morgan fingerprint density at radius 3 is 1.89 bits per heavy atom. The number of hydrogen-bond donors (Lipinski definition) is 0. The van der Waals surface area contributed by atoms with Crippen molar-refractivity contribution in [1.29, 1.82) is 0 Å². The van der Waals surface area contributed by atoms with Crippen molar-refractivity contribution in [3.05, 3.63) is 35.9 Å². The van der Waals surface area contributed by atoms with E-state index in [9.17, 15) is 4.79 Å². The van der Waals surface area contributed by atoms with Crippen LogP contribution in [0, 0.1) is 22.7 Å². The average Bonchev–Trinajstić information content (AvgIpc) is 2.61. The van der Waals surface area contributed by atoms with Gasteiger partial charge in [0, 0.05) is 17.8 Å². The van der Waals surface area contributed by atoms with Crippen LogP contribution in [0.3, 0.4) is 0 Å². The van der Waals surface area contributed by atoms with Gasteiger partial charge in [0.2, 0.25) is 0 Å². The monoisotopic (exact) mass is 386 g/mol. The van der Waals surface area contributed by atoms with E-state index in [0.29, 0.717) is 0 Å². The van der Waals surface area contributed by atoms with Gasteiger partial charge >= 0.3 is 0 Å². The summed E-state index contributed by atoms with van der Waals surface area (Å²) in [5.74, 6) is 0.170. The molecule has 28 heavy (non-hydrogen) atoms. The van der Waals surface area contributed by atoms with Gasteiger partial charge in [-0.2, -0.15) is 0 Å². The summed E-state index contributed by atoms with van der Waals surface area (Å²) in [5, 5.41) is 0. The molecule has 0 saturated heterocycles. The smallest absolute Gasteiger partial charge is 0.171 e. The van der Waals surface area contributed by atoms with Crippen molar-refractivity contribution in [3.63, 3.8) is 0 Å². The van der Waals surface area contributed by atoms with Crippen LogP contribution in [0.2, 0.25) is 0 Å². The molecule has 3 nitrogen and oxygen atoms in total. The van der Waals surface area contributed by atoms with Gasteiger partial charge in [0.1, 0.15) is 0 Å². The molecule has 1 aromatic rings. The molecule has 1 atom stereocenters. The van der Waals surface area contributed by atoms with Crippen LogP contribution in [0.15, 0.2) is 35.3 Å². The van der Waals surface area contributed by atoms with Crippen molar-refractivity contribution in [2.75, 3.05) is 26.2 Å². The maximum atomic E-state index is 13.6. The summed E-state index contributed by atoms with van der Waals surface area (Å²) in [5.41, 5.74) is 1.73. The summed E-state index contributed by atoms with van der Waals surface area (Å²) in [6, 6.07) is 9.71. The van der Waals surface area contributed by atoms with Gasteiger partial charge in [-0.1, -0.05) is 85.7 Å². The summed E-state index contributed by atoms with van der Waals surface area (Å²) in [6.07, 6.45) is 0. The zero-order valence-electron chi connectivity index (χ0n) is 19.7. The van der Waals surface area contributed by atoms with Crippen LogP contribution in [0.5, 0.6) is 0 Å². The normalized spacial score (nSPS) is 14.6. The Hall–Kier alpha value is -1.48. The lowest BCUT2D eigenvalue weighted by Crippen LogP contribution is -2.45. The van der Waals surface area contributed by atoms with E-state index in [1.807, 2.05) is 30.3 Å². The largest absolute Gasteiger partial charge is 0.302 e. The molecule has 1 unspecified atom stereocenters. The fourth-order valence-corrected chi connectivity index (χ4v) is 4.67. The Balaban J connectivity index is 3.32. The molecule has 0 aromatic heterocycles. The first-order chi connectivity index (χ1) is 12.9. The van der Waals surface area contributed by atoms with Gasteiger partial charge in [-0.25, -0.2) is 0 Å². The Bertz CT molecular complexity index is 617. The number of nitrogens with zero attached hydrogens (tertiary/aromatic N) is 2. The molecule has 0 spiro atoms. The van der Waals surface area contributed by atoms with Crippen LogP contribution >= 0.6 is 0 Å². The molecule has 158 valence electrons. The summed E-state index contributed by atoms with van der Waals surface area (Å²) in [4.78, 5) is 20.9. The number of hydrogen-bond acceptors (Lipinski definition) is 3. The topological polar surface area (TPSA) is 32.7 Å². The fraction of sp³-hybridized carbons (Fsp3) is 0.680. The number of rotatable bonds is 9. The highest BCUT2D eigenvalue weighted by molar-refractivity contribution is 6.12. The van der Waals surface area contributed by atoms with Crippen molar-refractivity contribution in [2.24, 2.45) is 27.7 Å². The summed E-state index contributed by atoms with van der Waals surface area (Å²) >= 11 is 0. The number of carbonyl (C=O) groups is 1. The molecule has 0 heterocycles. The lowest BCUT2D eigenvalue weighted by molar-refractivity contribution is 0.0538. The predicted molar refractivity (Wildman–Crippen MR) is 122 cm³/mol. The minimum atomic E-state index is -0.209. The van der Waals surface area contributed by atoms with Crippen molar-refractivity contribution in [2.45, 2.75) is 62.3 Å². The summed E-state index contributed by atoms with van der Waals surface area (Å²) < 4.78 is 0. The van der Waals surface area contributed by atoms with Crippen LogP contribution in [0.25, 0.3) is 0 Å². The van der Waals surface area contributed by atoms with Crippen LogP contribution < -0.4 is 0 Å². The third-order valence-corrected chi connectivity index (χ3v) is 5.66. The molecule has 3 heteroatoms. The number of carbonyl (C=O) groups excluding carboxylic acids is 1. The quantitative estimate of drug-likeness (QED) is 0.385. The number of benzene rings is 1. The molecule has 0 saturated carbocycles. The second-order valence-corrected chi connectivity index (χ2v) is 9.97. The van der Waals surface area contributed by atoms with Gasteiger partial charge in [-0.15, -0.1) is 0 Å². The predicted octanol–water partition coefficient (Wildman–Crippen LogP) is 6.00. The Morgan fingerprint density at radius 2 is 1.46 bits per heavy atom. The molecule has 1 rings (SSSR count). The van der Waals surface area contributed by atoms with Crippen molar-refractivity contribution < 1.29 is 4.79 Å². The summed E-state index contributed by atoms with van der Waals surface area (Å²) in [6.45, 7) is 23.6. The molecular weight excluding hydrogens is 344 g/mol. The molecular formula is C25H42N2O. The van der Waals surface area contributed by atoms with Crippen molar-refractivity contribution >= 4 is 11.5 Å². The highest BCUT2D eigenvalue weighted by Gasteiger charge is 2.44. The third-order valence-electron chi connectivity index (χ3n) is 5.66. The fourth-order valence-electron chi connectivity index (χ4n) is 4.67. The molecule has 0 amide bonds. The Labute approximate surface area is 173 Å². The SMILES string of the molecule is CCN(CC)CCN=C(C)C(C(=O)c1ccccc1)C(C(C)(C)C)C(C)(C)C. The number of ketones is 1. The van der Waals surface area contributed by atoms with Gasteiger partial charge in [0.25, 0.3) is 0 Å². The second kappa shape index (κ2) is 10.3. The molecule has 0 aliphatic carbocycles. The first-order valence-corrected chi connectivity index (χ1v) is 10.8. The van der Waals surface area contributed by atoms with E-state index in [0.717, 1.165) is 37.5 Å². The molecule has 1 aromatic carbocycles. The second-order valence-electron chi connectivity index (χ2n) is 9.97. The standard InChI is InChI=1S/C25H42N2O/c1-10-27(11-2)18-17-26-19(3)21(22(28)20-15-13-12-14-16-20)23(24(4,5)6)25(7,8)9/h12-16,21,23H,10-11,17-18H2,1-9H3. The van der Waals surface area contributed by atoms with E-state index in [2.05, 4.69) is 67.2 Å². The van der Waals surface area contributed by atoms with Gasteiger partial charge < -0.3 is 4.90 Å². The van der Waals surface area contributed by atoms with Gasteiger partial charge in [-0.05, 0) is 36.8 Å². The lowest BCUT2D eigenvalue weighted by Gasteiger charge is -2.45. The van der Waals surface area contributed by atoms with Crippen LogP contribution in [-0.4, -0.2) is 42.6 Å². The van der Waals surface area contributed by atoms with E-state index >= 15 is 0 Å². The third kappa shape index (κ3) is 6.84. The van der Waals surface area contributed by atoms with Gasteiger partial charge in [0.05, 0.1) is 12.5 Å². The summed E-state index contributed by atoms with van der Waals surface area (Å²) in [7, 11) is 0. The number of likely N-dealkylation sites (N-methyl/N-ethyl adjacent to an activating group) is 1. The highest BCUT2D eigenvalue weighted by atomic mass is 16.1. The zero-order chi connectivity index (χ0) is 21.5. The Morgan fingerprint density at radius 1 is 0.964 bits per heavy atom. The molecule has 0 aliphatic heterocycles. The first kappa shape index (κ1) is 24.6. The maximum absolute atomic E-state index is 13.6. The maximum Gasteiger partial charge on any atom is 0.171 e. The number of Topliss-reactive ketones (excluding diaryl/α,β-unsaturated/α-hetero) is 1. The van der Waals surface area contributed by atoms with E-state index < -0.39 is 0 Å². The minimum absolute atomic E-state index is 0.0109. The van der Waals surface area contributed by atoms with Gasteiger partial charge in [-0.3, -0.25) is 9.79 Å². The van der Waals surface area contributed by atoms with Crippen molar-refractivity contribution in [1.82, 2.24) is 4.90 Å². The minimum Gasteiger partial charge on any atom is -0.302 e. The van der Waals surface area contributed by atoms with E-state index in [1.54, 1.807) is 0 Å². The van der Waals surface area contributed by atoms with Crippen molar-refractivity contribution in [3.8, 4) is 0 Å². The molecule has 0 bridgehead atoms. The van der Waals surface area contributed by atoms with Crippen LogP contribution in [0.1, 0.15) is 72.7 Å². The van der Waals surface area contributed by atoms with E-state index in [-0.39, 0.29) is 28.4 Å². The highest BCUT2D eigenvalue weighted by Crippen LogP contribution is 2.46.